The molecule has 0 bridgehead atoms. The van der Waals surface area contributed by atoms with Crippen LogP contribution < -0.4 is 0 Å². The van der Waals surface area contributed by atoms with E-state index >= 15 is 0 Å². The maximum absolute atomic E-state index is 8.90. The Labute approximate surface area is 151 Å². The lowest BCUT2D eigenvalue weighted by molar-refractivity contribution is 1.48. The molecule has 0 aromatic heterocycles. The van der Waals surface area contributed by atoms with Crippen molar-refractivity contribution >= 4 is 32.3 Å². The minimum Gasteiger partial charge on any atom is -0.192 e. The molecule has 0 amide bonds. The van der Waals surface area contributed by atoms with E-state index in [0.29, 0.717) is 5.56 Å². The molecule has 5 rings (SSSR count). The number of hydrogen-bond acceptors (Lipinski definition) is 1. The summed E-state index contributed by atoms with van der Waals surface area (Å²) in [5, 5.41) is 16.5. The maximum Gasteiger partial charge on any atom is 0.0991 e. The Hall–Kier alpha value is -3.81. The summed E-state index contributed by atoms with van der Waals surface area (Å²) in [4.78, 5) is 0. The van der Waals surface area contributed by atoms with Gasteiger partial charge in [-0.05, 0) is 62.6 Å². The third-order valence-electron chi connectivity index (χ3n) is 4.88. The van der Waals surface area contributed by atoms with Crippen LogP contribution in [0.25, 0.3) is 32.3 Å². The van der Waals surface area contributed by atoms with Gasteiger partial charge in [0.05, 0.1) is 11.6 Å². The molecule has 5 aromatic carbocycles. The summed E-state index contributed by atoms with van der Waals surface area (Å²) in [7, 11) is 0. The molecule has 0 saturated heterocycles. The molecule has 26 heavy (non-hydrogen) atoms. The summed E-state index contributed by atoms with van der Waals surface area (Å²) in [5.74, 6) is 6.55. The first-order valence-electron chi connectivity index (χ1n) is 8.52. The SMILES string of the molecule is N#Cc1ccc(C#Cc2ccc3ccc4cccc5ccc2c3c45)cc1. The second kappa shape index (κ2) is 5.62. The molecule has 0 unspecified atom stereocenters. The summed E-state index contributed by atoms with van der Waals surface area (Å²) in [6.45, 7) is 0. The number of nitriles is 1. The van der Waals surface area contributed by atoms with Crippen molar-refractivity contribution in [2.45, 2.75) is 0 Å². The van der Waals surface area contributed by atoms with Gasteiger partial charge in [-0.2, -0.15) is 5.26 Å². The van der Waals surface area contributed by atoms with E-state index in [2.05, 4.69) is 72.5 Å². The van der Waals surface area contributed by atoms with Gasteiger partial charge in [0.2, 0.25) is 0 Å². The standard InChI is InChI=1S/C25H13N/c26-16-18-6-4-17(5-7-18)8-9-19-10-11-22-13-12-20-2-1-3-21-14-15-23(19)25(22)24(20)21/h1-7,10-15H. The van der Waals surface area contributed by atoms with Crippen LogP contribution in [0.4, 0.5) is 0 Å². The molecule has 0 aliphatic carbocycles. The first kappa shape index (κ1) is 14.5. The highest BCUT2D eigenvalue weighted by Gasteiger charge is 2.09. The van der Waals surface area contributed by atoms with E-state index in [1.807, 2.05) is 12.1 Å². The Balaban J connectivity index is 1.74. The van der Waals surface area contributed by atoms with E-state index in [9.17, 15) is 0 Å². The lowest BCUT2D eigenvalue weighted by Crippen LogP contribution is -1.86. The molecule has 0 spiro atoms. The molecular weight excluding hydrogens is 314 g/mol. The van der Waals surface area contributed by atoms with E-state index < -0.39 is 0 Å². The van der Waals surface area contributed by atoms with Gasteiger partial charge in [-0.3, -0.25) is 0 Å². The Morgan fingerprint density at radius 1 is 0.538 bits per heavy atom. The Kier molecular flexibility index (Phi) is 3.14. The number of hydrogen-bond donors (Lipinski definition) is 0. The molecule has 0 aliphatic rings. The van der Waals surface area contributed by atoms with Crippen molar-refractivity contribution in [3.05, 3.63) is 95.6 Å². The number of benzene rings is 5. The van der Waals surface area contributed by atoms with Crippen molar-refractivity contribution < 1.29 is 0 Å². The summed E-state index contributed by atoms with van der Waals surface area (Å²) in [6.07, 6.45) is 0. The second-order valence-electron chi connectivity index (χ2n) is 6.41. The highest BCUT2D eigenvalue weighted by Crippen LogP contribution is 2.35. The van der Waals surface area contributed by atoms with E-state index in [0.717, 1.165) is 11.1 Å². The predicted molar refractivity (Wildman–Crippen MR) is 107 cm³/mol. The minimum atomic E-state index is 0.651. The van der Waals surface area contributed by atoms with Crippen LogP contribution >= 0.6 is 0 Å². The third-order valence-corrected chi connectivity index (χ3v) is 4.88. The molecule has 0 N–H and O–H groups in total. The van der Waals surface area contributed by atoms with Crippen molar-refractivity contribution in [1.29, 1.82) is 5.26 Å². The van der Waals surface area contributed by atoms with Gasteiger partial charge in [-0.1, -0.05) is 60.4 Å². The van der Waals surface area contributed by atoms with Gasteiger partial charge in [-0.15, -0.1) is 0 Å². The Morgan fingerprint density at radius 3 is 1.88 bits per heavy atom. The topological polar surface area (TPSA) is 23.8 Å². The normalized spacial score (nSPS) is 10.7. The van der Waals surface area contributed by atoms with Gasteiger partial charge in [0.25, 0.3) is 0 Å². The van der Waals surface area contributed by atoms with Crippen molar-refractivity contribution in [2.75, 3.05) is 0 Å². The van der Waals surface area contributed by atoms with E-state index in [4.69, 9.17) is 5.26 Å². The van der Waals surface area contributed by atoms with E-state index in [1.54, 1.807) is 12.1 Å². The van der Waals surface area contributed by atoms with Crippen LogP contribution in [0.5, 0.6) is 0 Å². The Bertz CT molecular complexity index is 1360. The molecule has 0 fully saturated rings. The highest BCUT2D eigenvalue weighted by molar-refractivity contribution is 6.23. The first-order valence-corrected chi connectivity index (χ1v) is 8.52. The monoisotopic (exact) mass is 327 g/mol. The Morgan fingerprint density at radius 2 is 1.15 bits per heavy atom. The summed E-state index contributed by atoms with van der Waals surface area (Å²) >= 11 is 0. The number of rotatable bonds is 0. The molecule has 0 radical (unpaired) electrons. The lowest BCUT2D eigenvalue weighted by Gasteiger charge is -2.11. The van der Waals surface area contributed by atoms with Crippen LogP contribution in [0.2, 0.25) is 0 Å². The van der Waals surface area contributed by atoms with Crippen LogP contribution in [0.3, 0.4) is 0 Å². The molecule has 0 saturated carbocycles. The molecule has 118 valence electrons. The van der Waals surface area contributed by atoms with E-state index in [1.165, 1.54) is 32.3 Å². The molecule has 1 nitrogen and oxygen atoms in total. The van der Waals surface area contributed by atoms with Crippen LogP contribution in [0, 0.1) is 23.2 Å². The van der Waals surface area contributed by atoms with Crippen LogP contribution in [0.15, 0.2) is 78.9 Å². The zero-order valence-corrected chi connectivity index (χ0v) is 14.0. The summed E-state index contributed by atoms with van der Waals surface area (Å²) in [6, 6.07) is 28.9. The van der Waals surface area contributed by atoms with Gasteiger partial charge in [0.1, 0.15) is 0 Å². The fourth-order valence-corrected chi connectivity index (χ4v) is 3.61. The van der Waals surface area contributed by atoms with Gasteiger partial charge in [-0.25, -0.2) is 0 Å². The van der Waals surface area contributed by atoms with Gasteiger partial charge in [0.15, 0.2) is 0 Å². The molecule has 0 aliphatic heterocycles. The first-order chi connectivity index (χ1) is 12.8. The molecule has 1 heteroatoms. The quantitative estimate of drug-likeness (QED) is 0.258. The third kappa shape index (κ3) is 2.20. The van der Waals surface area contributed by atoms with Crippen LogP contribution in [-0.4, -0.2) is 0 Å². The van der Waals surface area contributed by atoms with Gasteiger partial charge >= 0.3 is 0 Å². The zero-order valence-electron chi connectivity index (χ0n) is 14.0. The van der Waals surface area contributed by atoms with Crippen LogP contribution in [0.1, 0.15) is 16.7 Å². The summed E-state index contributed by atoms with van der Waals surface area (Å²) in [5.41, 5.74) is 2.59. The largest absolute Gasteiger partial charge is 0.192 e. The average molecular weight is 327 g/mol. The average Bonchev–Trinajstić information content (AvgIpc) is 2.71. The fraction of sp³-hybridized carbons (Fsp3) is 0. The van der Waals surface area contributed by atoms with Gasteiger partial charge in [0, 0.05) is 11.1 Å². The number of nitrogens with zero attached hydrogens (tertiary/aromatic N) is 1. The maximum atomic E-state index is 8.90. The smallest absolute Gasteiger partial charge is 0.0991 e. The molecule has 5 aromatic rings. The van der Waals surface area contributed by atoms with Crippen LogP contribution in [-0.2, 0) is 0 Å². The van der Waals surface area contributed by atoms with Crippen molar-refractivity contribution in [3.63, 3.8) is 0 Å². The predicted octanol–water partition coefficient (Wildman–Crippen LogP) is 5.86. The summed E-state index contributed by atoms with van der Waals surface area (Å²) < 4.78 is 0. The van der Waals surface area contributed by atoms with Crippen molar-refractivity contribution in [2.24, 2.45) is 0 Å². The second-order valence-corrected chi connectivity index (χ2v) is 6.41. The minimum absolute atomic E-state index is 0.651. The van der Waals surface area contributed by atoms with E-state index in [-0.39, 0.29) is 0 Å². The van der Waals surface area contributed by atoms with Crippen molar-refractivity contribution in [1.82, 2.24) is 0 Å². The zero-order chi connectivity index (χ0) is 17.5. The lowest BCUT2D eigenvalue weighted by atomic mass is 9.92. The fourth-order valence-electron chi connectivity index (χ4n) is 3.61. The molecule has 0 atom stereocenters. The molecular formula is C25H13N. The molecule has 0 heterocycles. The highest BCUT2D eigenvalue weighted by atomic mass is 14.2. The van der Waals surface area contributed by atoms with Crippen molar-refractivity contribution in [3.8, 4) is 17.9 Å². The van der Waals surface area contributed by atoms with Gasteiger partial charge < -0.3 is 0 Å².